The van der Waals surface area contributed by atoms with Crippen molar-refractivity contribution in [3.8, 4) is 11.4 Å². The SMILES string of the molecule is COc1ccc2c(c1)NC1(CCN(C(=O)[C@@H]3CC=CCC3)CC1)c1cccn1-2. The Labute approximate surface area is 166 Å². The van der Waals surface area contributed by atoms with Crippen LogP contribution in [0.5, 0.6) is 5.75 Å². The largest absolute Gasteiger partial charge is 0.497 e. The van der Waals surface area contributed by atoms with Crippen molar-refractivity contribution in [2.45, 2.75) is 37.6 Å². The van der Waals surface area contributed by atoms with Gasteiger partial charge in [-0.15, -0.1) is 0 Å². The third-order valence-electron chi connectivity index (χ3n) is 6.62. The van der Waals surface area contributed by atoms with E-state index in [0.717, 1.165) is 62.3 Å². The number of nitrogens with one attached hydrogen (secondary N) is 1. The van der Waals surface area contributed by atoms with Crippen LogP contribution in [0.4, 0.5) is 5.69 Å². The Bertz CT molecular complexity index is 922. The predicted octanol–water partition coefficient (Wildman–Crippen LogP) is 4.09. The fraction of sp³-hybridized carbons (Fsp3) is 0.435. The summed E-state index contributed by atoms with van der Waals surface area (Å²) in [5.41, 5.74) is 3.41. The second-order valence-corrected chi connectivity index (χ2v) is 8.16. The van der Waals surface area contributed by atoms with Crippen LogP contribution in [0.3, 0.4) is 0 Å². The third-order valence-corrected chi connectivity index (χ3v) is 6.62. The molecule has 1 aromatic carbocycles. The summed E-state index contributed by atoms with van der Waals surface area (Å²) in [5, 5.41) is 3.82. The highest BCUT2D eigenvalue weighted by Gasteiger charge is 2.43. The van der Waals surface area contributed by atoms with Crippen molar-refractivity contribution in [1.82, 2.24) is 9.47 Å². The molecule has 0 radical (unpaired) electrons. The smallest absolute Gasteiger partial charge is 0.226 e. The van der Waals surface area contributed by atoms with Crippen LogP contribution in [0.25, 0.3) is 5.69 Å². The Hall–Kier alpha value is -2.69. The minimum Gasteiger partial charge on any atom is -0.497 e. The quantitative estimate of drug-likeness (QED) is 0.802. The fourth-order valence-corrected chi connectivity index (χ4v) is 5.02. The summed E-state index contributed by atoms with van der Waals surface area (Å²) in [5.74, 6) is 1.37. The van der Waals surface area contributed by atoms with Gasteiger partial charge >= 0.3 is 0 Å². The van der Waals surface area contributed by atoms with Crippen molar-refractivity contribution < 1.29 is 9.53 Å². The fourth-order valence-electron chi connectivity index (χ4n) is 5.02. The highest BCUT2D eigenvalue weighted by Crippen LogP contribution is 2.44. The summed E-state index contributed by atoms with van der Waals surface area (Å²) >= 11 is 0. The normalized spacial score (nSPS) is 22.3. The van der Waals surface area contributed by atoms with E-state index in [4.69, 9.17) is 4.74 Å². The van der Waals surface area contributed by atoms with Gasteiger partial charge in [-0.3, -0.25) is 4.79 Å². The monoisotopic (exact) mass is 377 g/mol. The first kappa shape index (κ1) is 17.4. The molecule has 2 aromatic rings. The molecule has 1 amide bonds. The molecule has 2 aliphatic heterocycles. The number of fused-ring (bicyclic) bond motifs is 4. The third kappa shape index (κ3) is 2.72. The second kappa shape index (κ2) is 6.73. The highest BCUT2D eigenvalue weighted by atomic mass is 16.5. The van der Waals surface area contributed by atoms with Gasteiger partial charge in [0.05, 0.1) is 24.0 Å². The molecule has 1 N–H and O–H groups in total. The second-order valence-electron chi connectivity index (χ2n) is 8.16. The van der Waals surface area contributed by atoms with Crippen molar-refractivity contribution in [3.63, 3.8) is 0 Å². The molecular formula is C23H27N3O2. The van der Waals surface area contributed by atoms with Crippen LogP contribution in [-0.2, 0) is 10.3 Å². The van der Waals surface area contributed by atoms with Crippen LogP contribution >= 0.6 is 0 Å². The molecule has 3 aliphatic rings. The lowest BCUT2D eigenvalue weighted by atomic mass is 9.81. The van der Waals surface area contributed by atoms with Crippen molar-refractivity contribution in [1.29, 1.82) is 0 Å². The van der Waals surface area contributed by atoms with Crippen LogP contribution in [0.1, 0.15) is 37.8 Å². The minimum atomic E-state index is -0.133. The Morgan fingerprint density at radius 2 is 2.07 bits per heavy atom. The van der Waals surface area contributed by atoms with E-state index in [1.165, 1.54) is 5.69 Å². The molecule has 1 spiro atoms. The van der Waals surface area contributed by atoms with Gasteiger partial charge in [0.1, 0.15) is 5.75 Å². The van der Waals surface area contributed by atoms with Gasteiger partial charge in [-0.1, -0.05) is 12.2 Å². The van der Waals surface area contributed by atoms with Gasteiger partial charge in [-0.25, -0.2) is 0 Å². The molecule has 0 unspecified atom stereocenters. The summed E-state index contributed by atoms with van der Waals surface area (Å²) in [4.78, 5) is 15.0. The molecular weight excluding hydrogens is 350 g/mol. The number of allylic oxidation sites excluding steroid dienone is 2. The van der Waals surface area contributed by atoms with Crippen molar-refractivity contribution >= 4 is 11.6 Å². The Kier molecular flexibility index (Phi) is 4.18. The average Bonchev–Trinajstić information content (AvgIpc) is 3.25. The first-order chi connectivity index (χ1) is 13.7. The van der Waals surface area contributed by atoms with Gasteiger partial charge in [0.25, 0.3) is 0 Å². The maximum absolute atomic E-state index is 13.0. The molecule has 1 aromatic heterocycles. The Balaban J connectivity index is 1.39. The van der Waals surface area contributed by atoms with E-state index in [9.17, 15) is 4.79 Å². The number of hydrogen-bond acceptors (Lipinski definition) is 3. The molecule has 0 bridgehead atoms. The zero-order valence-corrected chi connectivity index (χ0v) is 16.4. The molecule has 1 saturated heterocycles. The molecule has 5 heteroatoms. The van der Waals surface area contributed by atoms with Crippen LogP contribution in [0, 0.1) is 5.92 Å². The summed E-state index contributed by atoms with van der Waals surface area (Å²) < 4.78 is 7.72. The average molecular weight is 377 g/mol. The van der Waals surface area contributed by atoms with E-state index in [2.05, 4.69) is 57.4 Å². The van der Waals surface area contributed by atoms with Crippen LogP contribution < -0.4 is 10.1 Å². The van der Waals surface area contributed by atoms with E-state index < -0.39 is 0 Å². The summed E-state index contributed by atoms with van der Waals surface area (Å²) in [7, 11) is 1.70. The number of carbonyl (C=O) groups excluding carboxylic acids is 1. The topological polar surface area (TPSA) is 46.5 Å². The first-order valence-electron chi connectivity index (χ1n) is 10.3. The van der Waals surface area contributed by atoms with E-state index in [-0.39, 0.29) is 11.5 Å². The number of likely N-dealkylation sites (tertiary alicyclic amines) is 1. The number of piperidine rings is 1. The number of anilines is 1. The number of carbonyl (C=O) groups is 1. The molecule has 3 heterocycles. The molecule has 5 rings (SSSR count). The number of hydrogen-bond donors (Lipinski definition) is 1. The zero-order valence-electron chi connectivity index (χ0n) is 16.4. The molecule has 1 fully saturated rings. The molecule has 1 aliphatic carbocycles. The summed E-state index contributed by atoms with van der Waals surface area (Å²) in [6.07, 6.45) is 11.2. The van der Waals surface area contributed by atoms with E-state index in [1.807, 2.05) is 6.07 Å². The standard InChI is InChI=1S/C23H27N3O2/c1-28-18-9-10-20-19(16-18)24-23(21-8-5-13-26(20)21)11-14-25(15-12-23)22(27)17-6-3-2-4-7-17/h2-3,5,8-10,13,16-17,24H,4,6-7,11-12,14-15H2,1H3/t17-/m1/s1. The number of methoxy groups -OCH3 is 1. The molecule has 1 atom stereocenters. The number of amides is 1. The van der Waals surface area contributed by atoms with Gasteiger partial charge in [0, 0.05) is 37.0 Å². The molecule has 5 nitrogen and oxygen atoms in total. The molecule has 28 heavy (non-hydrogen) atoms. The number of nitrogens with zero attached hydrogens (tertiary/aromatic N) is 2. The van der Waals surface area contributed by atoms with Gasteiger partial charge in [-0.05, 0) is 56.4 Å². The van der Waals surface area contributed by atoms with Gasteiger partial charge in [-0.2, -0.15) is 0 Å². The first-order valence-corrected chi connectivity index (χ1v) is 10.3. The van der Waals surface area contributed by atoms with Crippen LogP contribution in [0.15, 0.2) is 48.7 Å². The van der Waals surface area contributed by atoms with Gasteiger partial charge in [0.15, 0.2) is 0 Å². The maximum Gasteiger partial charge on any atom is 0.226 e. The van der Waals surface area contributed by atoms with Crippen molar-refractivity contribution in [2.75, 3.05) is 25.5 Å². The van der Waals surface area contributed by atoms with Crippen LogP contribution in [0.2, 0.25) is 0 Å². The maximum atomic E-state index is 13.0. The number of ether oxygens (including phenoxy) is 1. The van der Waals surface area contributed by atoms with Crippen molar-refractivity contribution in [3.05, 3.63) is 54.4 Å². The van der Waals surface area contributed by atoms with E-state index >= 15 is 0 Å². The number of benzene rings is 1. The number of rotatable bonds is 2. The highest BCUT2D eigenvalue weighted by molar-refractivity contribution is 5.79. The summed E-state index contributed by atoms with van der Waals surface area (Å²) in [6.45, 7) is 1.60. The van der Waals surface area contributed by atoms with Gasteiger partial charge < -0.3 is 19.5 Å². The summed E-state index contributed by atoms with van der Waals surface area (Å²) in [6, 6.07) is 10.5. The predicted molar refractivity (Wildman–Crippen MR) is 110 cm³/mol. The lowest BCUT2D eigenvalue weighted by Crippen LogP contribution is -2.52. The lowest BCUT2D eigenvalue weighted by Gasteiger charge is -2.46. The lowest BCUT2D eigenvalue weighted by molar-refractivity contribution is -0.137. The zero-order chi connectivity index (χ0) is 19.1. The van der Waals surface area contributed by atoms with E-state index in [0.29, 0.717) is 5.91 Å². The minimum absolute atomic E-state index is 0.133. The Morgan fingerprint density at radius 3 is 2.82 bits per heavy atom. The molecule has 0 saturated carbocycles. The van der Waals surface area contributed by atoms with Gasteiger partial charge in [0.2, 0.25) is 5.91 Å². The van der Waals surface area contributed by atoms with Crippen LogP contribution in [-0.4, -0.2) is 35.6 Å². The molecule has 146 valence electrons. The Morgan fingerprint density at radius 1 is 1.21 bits per heavy atom. The van der Waals surface area contributed by atoms with Crippen molar-refractivity contribution in [2.24, 2.45) is 5.92 Å². The number of aromatic nitrogens is 1. The van der Waals surface area contributed by atoms with E-state index in [1.54, 1.807) is 7.11 Å².